The molecule has 1 saturated carbocycles. The van der Waals surface area contributed by atoms with Crippen molar-refractivity contribution in [1.82, 2.24) is 10.2 Å². The number of amides is 1. The van der Waals surface area contributed by atoms with Gasteiger partial charge in [-0.2, -0.15) is 8.78 Å². The highest BCUT2D eigenvalue weighted by Gasteiger charge is 2.37. The minimum absolute atomic E-state index is 0.0367. The number of benzene rings is 2. The van der Waals surface area contributed by atoms with E-state index in [9.17, 15) is 18.7 Å². The van der Waals surface area contributed by atoms with E-state index < -0.39 is 12.7 Å². The standard InChI is InChI=1S/C28H33F2N3O5/c1-36-24-16-22-20(15-25(24)38-28(29)30)21-14-19(34)6-7-23(21)32-26(22)17-2-4-18(5-3-17)27(35)31-8-9-33-10-12-37-13-11-33/h2-5,15-16,19,21,23,28,34H,6-14H2,1H3,(H,31,35). The van der Waals surface area contributed by atoms with Crippen molar-refractivity contribution < 1.29 is 32.9 Å². The van der Waals surface area contributed by atoms with Crippen LogP contribution in [0.2, 0.25) is 0 Å². The Balaban J connectivity index is 1.38. The van der Waals surface area contributed by atoms with Crippen LogP contribution >= 0.6 is 0 Å². The zero-order chi connectivity index (χ0) is 26.6. The maximum absolute atomic E-state index is 13.1. The van der Waals surface area contributed by atoms with E-state index in [4.69, 9.17) is 19.2 Å². The van der Waals surface area contributed by atoms with E-state index in [2.05, 4.69) is 10.2 Å². The van der Waals surface area contributed by atoms with Gasteiger partial charge in [0.05, 0.1) is 38.2 Å². The lowest BCUT2D eigenvalue weighted by molar-refractivity contribution is -0.0513. The third-order valence-electron chi connectivity index (χ3n) is 7.53. The normalized spacial score (nSPS) is 23.3. The van der Waals surface area contributed by atoms with Crippen LogP contribution in [0.5, 0.6) is 11.5 Å². The minimum Gasteiger partial charge on any atom is -0.493 e. The number of ether oxygens (including phenoxy) is 3. The Morgan fingerprint density at radius 2 is 1.95 bits per heavy atom. The molecule has 1 amide bonds. The van der Waals surface area contributed by atoms with Crippen LogP contribution in [-0.4, -0.2) is 86.9 Å². The summed E-state index contributed by atoms with van der Waals surface area (Å²) in [6, 6.07) is 10.4. The molecule has 38 heavy (non-hydrogen) atoms. The number of nitrogens with one attached hydrogen (secondary N) is 1. The first-order valence-corrected chi connectivity index (χ1v) is 13.0. The molecule has 10 heteroatoms. The second kappa shape index (κ2) is 11.8. The van der Waals surface area contributed by atoms with Gasteiger partial charge in [0.2, 0.25) is 0 Å². The fourth-order valence-corrected chi connectivity index (χ4v) is 5.56. The zero-order valence-electron chi connectivity index (χ0n) is 21.4. The second-order valence-electron chi connectivity index (χ2n) is 9.87. The predicted molar refractivity (Wildman–Crippen MR) is 138 cm³/mol. The number of rotatable bonds is 8. The minimum atomic E-state index is -2.99. The molecule has 2 heterocycles. The number of halogens is 2. The number of morpholine rings is 1. The van der Waals surface area contributed by atoms with Crippen molar-refractivity contribution in [2.45, 2.75) is 43.9 Å². The molecule has 0 aromatic heterocycles. The molecular formula is C28H33F2N3O5. The van der Waals surface area contributed by atoms with Crippen LogP contribution < -0.4 is 14.8 Å². The van der Waals surface area contributed by atoms with Gasteiger partial charge in [-0.15, -0.1) is 0 Å². The van der Waals surface area contributed by atoms with Crippen molar-refractivity contribution in [3.63, 3.8) is 0 Å². The van der Waals surface area contributed by atoms with Gasteiger partial charge < -0.3 is 24.6 Å². The Kier molecular flexibility index (Phi) is 8.21. The van der Waals surface area contributed by atoms with Crippen LogP contribution in [0, 0.1) is 0 Å². The number of methoxy groups -OCH3 is 1. The quantitative estimate of drug-likeness (QED) is 0.546. The summed E-state index contributed by atoms with van der Waals surface area (Å²) in [5.74, 6) is -0.110. The number of alkyl halides is 2. The van der Waals surface area contributed by atoms with Crippen LogP contribution in [0.3, 0.4) is 0 Å². The van der Waals surface area contributed by atoms with Crippen LogP contribution in [0.15, 0.2) is 41.4 Å². The molecule has 3 atom stereocenters. The number of aliphatic hydroxyl groups is 1. The van der Waals surface area contributed by atoms with E-state index in [1.54, 1.807) is 24.3 Å². The number of carbonyl (C=O) groups excluding carboxylic acids is 1. The number of aliphatic hydroxyl groups excluding tert-OH is 1. The summed E-state index contributed by atoms with van der Waals surface area (Å²) in [7, 11) is 1.40. The largest absolute Gasteiger partial charge is 0.493 e. The van der Waals surface area contributed by atoms with E-state index in [0.717, 1.165) is 49.5 Å². The summed E-state index contributed by atoms with van der Waals surface area (Å²) in [5, 5.41) is 13.3. The summed E-state index contributed by atoms with van der Waals surface area (Å²) >= 11 is 0. The fourth-order valence-electron chi connectivity index (χ4n) is 5.56. The molecule has 0 bridgehead atoms. The highest BCUT2D eigenvalue weighted by atomic mass is 19.3. The molecular weight excluding hydrogens is 496 g/mol. The van der Waals surface area contributed by atoms with Crippen molar-refractivity contribution in [1.29, 1.82) is 0 Å². The van der Waals surface area contributed by atoms with Crippen molar-refractivity contribution in [3.8, 4) is 11.5 Å². The fraction of sp³-hybridized carbons (Fsp3) is 0.500. The molecule has 2 aromatic carbocycles. The van der Waals surface area contributed by atoms with E-state index >= 15 is 0 Å². The lowest BCUT2D eigenvalue weighted by Gasteiger charge is -2.37. The molecule has 0 radical (unpaired) electrons. The Morgan fingerprint density at radius 3 is 2.66 bits per heavy atom. The number of carbonyl (C=O) groups is 1. The van der Waals surface area contributed by atoms with Gasteiger partial charge >= 0.3 is 6.61 Å². The maximum atomic E-state index is 13.1. The molecule has 5 rings (SSSR count). The second-order valence-corrected chi connectivity index (χ2v) is 9.87. The Bertz CT molecular complexity index is 1170. The van der Waals surface area contributed by atoms with E-state index in [0.29, 0.717) is 37.1 Å². The lowest BCUT2D eigenvalue weighted by Crippen LogP contribution is -2.41. The van der Waals surface area contributed by atoms with Gasteiger partial charge in [-0.1, -0.05) is 12.1 Å². The molecule has 3 aliphatic rings. The number of hydrogen-bond acceptors (Lipinski definition) is 7. The van der Waals surface area contributed by atoms with Gasteiger partial charge in [0.15, 0.2) is 11.5 Å². The highest BCUT2D eigenvalue weighted by molar-refractivity contribution is 6.15. The van der Waals surface area contributed by atoms with Crippen LogP contribution in [0.25, 0.3) is 0 Å². The number of nitrogens with zero attached hydrogens (tertiary/aromatic N) is 2. The third kappa shape index (κ3) is 5.82. The summed E-state index contributed by atoms with van der Waals surface area (Å²) in [6.45, 7) is 1.52. The van der Waals surface area contributed by atoms with Gasteiger partial charge in [0.25, 0.3) is 5.91 Å². The van der Waals surface area contributed by atoms with Crippen LogP contribution in [-0.2, 0) is 4.74 Å². The first kappa shape index (κ1) is 26.5. The molecule has 2 aliphatic heterocycles. The zero-order valence-corrected chi connectivity index (χ0v) is 21.4. The number of hydrogen-bond donors (Lipinski definition) is 2. The van der Waals surface area contributed by atoms with Gasteiger partial charge in [0, 0.05) is 48.8 Å². The van der Waals surface area contributed by atoms with E-state index in [-0.39, 0.29) is 29.4 Å². The molecule has 3 unspecified atom stereocenters. The molecule has 0 spiro atoms. The van der Waals surface area contributed by atoms with Gasteiger partial charge in [-0.05, 0) is 49.1 Å². The van der Waals surface area contributed by atoms with Crippen molar-refractivity contribution in [2.75, 3.05) is 46.5 Å². The average Bonchev–Trinajstić information content (AvgIpc) is 2.92. The van der Waals surface area contributed by atoms with Gasteiger partial charge in [-0.25, -0.2) is 0 Å². The summed E-state index contributed by atoms with van der Waals surface area (Å²) in [5.41, 5.74) is 3.62. The summed E-state index contributed by atoms with van der Waals surface area (Å²) in [6.07, 6.45) is 1.35. The maximum Gasteiger partial charge on any atom is 0.387 e. The first-order chi connectivity index (χ1) is 18.4. The van der Waals surface area contributed by atoms with E-state index in [1.165, 1.54) is 7.11 Å². The summed E-state index contributed by atoms with van der Waals surface area (Å²) in [4.78, 5) is 20.0. The molecule has 1 saturated heterocycles. The van der Waals surface area contributed by atoms with Crippen LogP contribution in [0.1, 0.15) is 52.2 Å². The lowest BCUT2D eigenvalue weighted by atomic mass is 9.74. The molecule has 204 valence electrons. The SMILES string of the molecule is COc1cc2c(cc1OC(F)F)C1CC(O)CCC1N=C2c1ccc(C(=O)NCCN2CCOCC2)cc1. The van der Waals surface area contributed by atoms with Gasteiger partial charge in [0.1, 0.15) is 0 Å². The molecule has 2 aromatic rings. The van der Waals surface area contributed by atoms with Gasteiger partial charge in [-0.3, -0.25) is 14.7 Å². The summed E-state index contributed by atoms with van der Waals surface area (Å²) < 4.78 is 41.7. The van der Waals surface area contributed by atoms with Crippen molar-refractivity contribution >= 4 is 11.6 Å². The molecule has 8 nitrogen and oxygen atoms in total. The number of aliphatic imine (C=N–C) groups is 1. The van der Waals surface area contributed by atoms with Crippen molar-refractivity contribution in [2.24, 2.45) is 4.99 Å². The average molecular weight is 530 g/mol. The molecule has 2 N–H and O–H groups in total. The predicted octanol–water partition coefficient (Wildman–Crippen LogP) is 3.21. The number of fused-ring (bicyclic) bond motifs is 3. The van der Waals surface area contributed by atoms with Crippen molar-refractivity contribution in [3.05, 3.63) is 58.7 Å². The molecule has 2 fully saturated rings. The Labute approximate surface area is 220 Å². The Morgan fingerprint density at radius 1 is 1.18 bits per heavy atom. The highest BCUT2D eigenvalue weighted by Crippen LogP contribution is 2.45. The Hall–Kier alpha value is -3.08. The topological polar surface area (TPSA) is 92.6 Å². The smallest absolute Gasteiger partial charge is 0.387 e. The monoisotopic (exact) mass is 529 g/mol. The van der Waals surface area contributed by atoms with E-state index in [1.807, 2.05) is 12.1 Å². The molecule has 1 aliphatic carbocycles. The van der Waals surface area contributed by atoms with Crippen LogP contribution in [0.4, 0.5) is 8.78 Å². The third-order valence-corrected chi connectivity index (χ3v) is 7.53. The first-order valence-electron chi connectivity index (χ1n) is 13.0.